The van der Waals surface area contributed by atoms with Crippen molar-refractivity contribution < 1.29 is 18.3 Å². The predicted molar refractivity (Wildman–Crippen MR) is 108 cm³/mol. The zero-order valence-electron chi connectivity index (χ0n) is 16.5. The highest BCUT2D eigenvalue weighted by Crippen LogP contribution is 2.36. The van der Waals surface area contributed by atoms with Crippen molar-refractivity contribution >= 4 is 29.3 Å². The van der Waals surface area contributed by atoms with Gasteiger partial charge in [0.15, 0.2) is 0 Å². The summed E-state index contributed by atoms with van der Waals surface area (Å²) < 4.78 is 33.0. The summed E-state index contributed by atoms with van der Waals surface area (Å²) in [6.45, 7) is 7.90. The summed E-state index contributed by atoms with van der Waals surface area (Å²) in [7, 11) is -0.656. The minimum Gasteiger partial charge on any atom is -0.480 e. The van der Waals surface area contributed by atoms with Crippen LogP contribution in [0.2, 0.25) is 0 Å². The third-order valence-electron chi connectivity index (χ3n) is 4.99. The minimum atomic E-state index is -1.56. The number of benzene rings is 1. The van der Waals surface area contributed by atoms with Crippen molar-refractivity contribution in [3.8, 4) is 11.9 Å². The molecular weight excluding hydrogens is 377 g/mol. The summed E-state index contributed by atoms with van der Waals surface area (Å²) in [5, 5.41) is 8.89. The van der Waals surface area contributed by atoms with Gasteiger partial charge in [0.25, 0.3) is 0 Å². The van der Waals surface area contributed by atoms with Crippen molar-refractivity contribution in [2.75, 3.05) is 11.8 Å². The van der Waals surface area contributed by atoms with Crippen LogP contribution in [0.15, 0.2) is 41.4 Å². The Hall–Kier alpha value is -2.41. The van der Waals surface area contributed by atoms with Crippen LogP contribution in [0.1, 0.15) is 33.3 Å². The second-order valence-corrected chi connectivity index (χ2v) is 8.63. The van der Waals surface area contributed by atoms with Crippen LogP contribution in [0.3, 0.4) is 0 Å². The summed E-state index contributed by atoms with van der Waals surface area (Å²) in [4.78, 5) is 4.82. The van der Waals surface area contributed by atoms with Crippen LogP contribution in [0.25, 0.3) is 0 Å². The van der Waals surface area contributed by atoms with Crippen molar-refractivity contribution in [2.45, 2.75) is 43.8 Å². The van der Waals surface area contributed by atoms with Gasteiger partial charge in [0.1, 0.15) is 16.7 Å². The van der Waals surface area contributed by atoms with Gasteiger partial charge in [-0.1, -0.05) is 0 Å². The number of nitrogens with zero attached hydrogens (tertiary/aromatic N) is 2. The molecule has 0 amide bonds. The lowest BCUT2D eigenvalue weighted by atomic mass is 9.80. The maximum Gasteiger partial charge on any atom is 0.496 e. The highest BCUT2D eigenvalue weighted by Gasteiger charge is 2.52. The van der Waals surface area contributed by atoms with Crippen LogP contribution in [-0.4, -0.2) is 34.6 Å². The number of anilines is 1. The molecule has 1 aromatic carbocycles. The number of nitrogens with one attached hydrogen (secondary N) is 1. The number of rotatable bonds is 5. The zero-order valence-corrected chi connectivity index (χ0v) is 17.3. The summed E-state index contributed by atoms with van der Waals surface area (Å²) in [6.07, 6.45) is 1.62. The van der Waals surface area contributed by atoms with E-state index in [4.69, 9.17) is 19.3 Å². The van der Waals surface area contributed by atoms with E-state index in [9.17, 15) is 4.21 Å². The molecule has 2 aromatic rings. The first-order chi connectivity index (χ1) is 13.2. The second-order valence-electron chi connectivity index (χ2n) is 7.42. The average Bonchev–Trinajstić information content (AvgIpc) is 2.89. The molecule has 2 heterocycles. The van der Waals surface area contributed by atoms with Crippen LogP contribution < -0.4 is 14.9 Å². The maximum atomic E-state index is 12.7. The first kappa shape index (κ1) is 20.3. The van der Waals surface area contributed by atoms with Crippen LogP contribution in [0.4, 0.5) is 5.69 Å². The van der Waals surface area contributed by atoms with Crippen LogP contribution in [0, 0.1) is 11.3 Å². The van der Waals surface area contributed by atoms with Gasteiger partial charge in [-0.25, -0.2) is 9.19 Å². The second kappa shape index (κ2) is 7.55. The standard InChI is InChI=1S/C19H22BN3O4S/c1-18(2)19(3,4)27-20(26-18)14-10-16(17(25-5)22-12-14)23-28(24)15-8-6-13(11-21)7-9-15/h6-10,12,23H,1-5H3. The van der Waals surface area contributed by atoms with Crippen molar-refractivity contribution in [3.63, 3.8) is 0 Å². The van der Waals surface area contributed by atoms with E-state index in [-0.39, 0.29) is 0 Å². The molecule has 1 atom stereocenters. The molecule has 0 aliphatic carbocycles. The number of pyridine rings is 1. The van der Waals surface area contributed by atoms with Crippen LogP contribution in [-0.2, 0) is 20.3 Å². The fourth-order valence-electron chi connectivity index (χ4n) is 2.62. The molecule has 7 nitrogen and oxygen atoms in total. The van der Waals surface area contributed by atoms with Crippen molar-refractivity contribution in [3.05, 3.63) is 42.1 Å². The highest BCUT2D eigenvalue weighted by atomic mass is 32.2. The molecule has 1 aliphatic rings. The Kier molecular flexibility index (Phi) is 5.48. The molecule has 1 saturated heterocycles. The molecule has 28 heavy (non-hydrogen) atoms. The molecule has 0 bridgehead atoms. The van der Waals surface area contributed by atoms with Gasteiger partial charge < -0.3 is 14.0 Å². The summed E-state index contributed by atoms with van der Waals surface area (Å²) >= 11 is 0. The fourth-order valence-corrected chi connectivity index (χ4v) is 3.47. The number of hydrogen-bond donors (Lipinski definition) is 1. The molecule has 1 fully saturated rings. The smallest absolute Gasteiger partial charge is 0.480 e. The van der Waals surface area contributed by atoms with Crippen molar-refractivity contribution in [2.24, 2.45) is 0 Å². The molecule has 0 saturated carbocycles. The van der Waals surface area contributed by atoms with E-state index in [1.54, 1.807) is 36.5 Å². The van der Waals surface area contributed by atoms with E-state index in [1.807, 2.05) is 33.8 Å². The average molecular weight is 399 g/mol. The predicted octanol–water partition coefficient (Wildman–Crippen LogP) is 2.40. The lowest BCUT2D eigenvalue weighted by Crippen LogP contribution is -2.41. The Morgan fingerprint density at radius 3 is 2.32 bits per heavy atom. The molecule has 0 spiro atoms. The Morgan fingerprint density at radius 2 is 1.79 bits per heavy atom. The Morgan fingerprint density at radius 1 is 1.18 bits per heavy atom. The van der Waals surface area contributed by atoms with E-state index in [0.717, 1.165) is 0 Å². The lowest BCUT2D eigenvalue weighted by molar-refractivity contribution is 0.00578. The lowest BCUT2D eigenvalue weighted by Gasteiger charge is -2.32. The largest absolute Gasteiger partial charge is 0.496 e. The van der Waals surface area contributed by atoms with Gasteiger partial charge in [0.2, 0.25) is 5.88 Å². The highest BCUT2D eigenvalue weighted by molar-refractivity contribution is 7.86. The Bertz CT molecular complexity index is 925. The molecule has 1 aliphatic heterocycles. The quantitative estimate of drug-likeness (QED) is 0.777. The molecular formula is C19H22BN3O4S. The maximum absolute atomic E-state index is 12.7. The summed E-state index contributed by atoms with van der Waals surface area (Å²) in [5.41, 5.74) is 0.700. The third-order valence-corrected chi connectivity index (χ3v) is 6.10. The van der Waals surface area contributed by atoms with E-state index in [2.05, 4.69) is 9.71 Å². The number of nitriles is 1. The zero-order chi connectivity index (χ0) is 20.5. The minimum absolute atomic E-state index is 0.308. The van der Waals surface area contributed by atoms with Gasteiger partial charge >= 0.3 is 7.12 Å². The Balaban J connectivity index is 1.85. The number of hydrogen-bond acceptors (Lipinski definition) is 6. The molecule has 3 rings (SSSR count). The van der Waals surface area contributed by atoms with E-state index < -0.39 is 29.3 Å². The first-order valence-electron chi connectivity index (χ1n) is 8.75. The van der Waals surface area contributed by atoms with Gasteiger partial charge in [0.05, 0.1) is 34.8 Å². The molecule has 1 aromatic heterocycles. The van der Waals surface area contributed by atoms with Crippen molar-refractivity contribution in [1.82, 2.24) is 4.98 Å². The molecule has 1 unspecified atom stereocenters. The SMILES string of the molecule is COc1ncc(B2OC(C)(C)C(C)(C)O2)cc1NS(=O)c1ccc(C#N)cc1. The Labute approximate surface area is 167 Å². The fraction of sp³-hybridized carbons (Fsp3) is 0.368. The topological polar surface area (TPSA) is 93.5 Å². The van der Waals surface area contributed by atoms with E-state index >= 15 is 0 Å². The van der Waals surface area contributed by atoms with Gasteiger partial charge in [0, 0.05) is 11.7 Å². The molecule has 9 heteroatoms. The summed E-state index contributed by atoms with van der Waals surface area (Å²) in [5.74, 6) is 0.308. The molecule has 146 valence electrons. The number of ether oxygens (including phenoxy) is 1. The van der Waals surface area contributed by atoms with Gasteiger partial charge in [-0.3, -0.25) is 4.72 Å². The summed E-state index contributed by atoms with van der Waals surface area (Å²) in [6, 6.07) is 10.3. The molecule has 0 radical (unpaired) electrons. The van der Waals surface area contributed by atoms with Gasteiger partial charge in [-0.05, 0) is 58.0 Å². The van der Waals surface area contributed by atoms with Crippen molar-refractivity contribution in [1.29, 1.82) is 5.26 Å². The number of aromatic nitrogens is 1. The normalized spacial score (nSPS) is 18.4. The van der Waals surface area contributed by atoms with E-state index in [1.165, 1.54) is 7.11 Å². The monoisotopic (exact) mass is 399 g/mol. The van der Waals surface area contributed by atoms with E-state index in [0.29, 0.717) is 27.5 Å². The number of methoxy groups -OCH3 is 1. The third kappa shape index (κ3) is 3.90. The first-order valence-corrected chi connectivity index (χ1v) is 9.90. The van der Waals surface area contributed by atoms with Crippen LogP contribution in [0.5, 0.6) is 5.88 Å². The van der Waals surface area contributed by atoms with Crippen LogP contribution >= 0.6 is 0 Å². The molecule has 1 N–H and O–H groups in total. The van der Waals surface area contributed by atoms with Gasteiger partial charge in [-0.2, -0.15) is 5.26 Å². The van der Waals surface area contributed by atoms with Gasteiger partial charge in [-0.15, -0.1) is 0 Å².